The fourth-order valence-corrected chi connectivity index (χ4v) is 1.57. The standard InChI is InChI=1S/C16H20/c1-5-7-8-15(6-2)12-16-10-9-13(3)14(4)11-16/h5-11H,2,12H2,1,3-4H3. The second-order valence-electron chi connectivity index (χ2n) is 4.07. The van der Waals surface area contributed by atoms with Gasteiger partial charge in [-0.3, -0.25) is 0 Å². The third kappa shape index (κ3) is 3.54. The van der Waals surface area contributed by atoms with Gasteiger partial charge in [0, 0.05) is 0 Å². The number of hydrogen-bond donors (Lipinski definition) is 0. The molecule has 0 nitrogen and oxygen atoms in total. The predicted octanol–water partition coefficient (Wildman–Crippen LogP) is 4.53. The third-order valence-electron chi connectivity index (χ3n) is 2.74. The maximum atomic E-state index is 3.85. The first-order valence-corrected chi connectivity index (χ1v) is 5.67. The maximum absolute atomic E-state index is 3.85. The highest BCUT2D eigenvalue weighted by Gasteiger charge is 1.98. The average Bonchev–Trinajstić information content (AvgIpc) is 2.29. The van der Waals surface area contributed by atoms with Gasteiger partial charge < -0.3 is 0 Å². The molecular weight excluding hydrogens is 192 g/mol. The summed E-state index contributed by atoms with van der Waals surface area (Å²) < 4.78 is 0. The van der Waals surface area contributed by atoms with E-state index in [9.17, 15) is 0 Å². The Bertz CT molecular complexity index is 420. The minimum absolute atomic E-state index is 0.953. The van der Waals surface area contributed by atoms with Crippen molar-refractivity contribution >= 4 is 0 Å². The van der Waals surface area contributed by atoms with Crippen LogP contribution >= 0.6 is 0 Å². The summed E-state index contributed by atoms with van der Waals surface area (Å²) in [5, 5.41) is 0. The topological polar surface area (TPSA) is 0 Å². The molecule has 0 aliphatic carbocycles. The summed E-state index contributed by atoms with van der Waals surface area (Å²) in [4.78, 5) is 0. The predicted molar refractivity (Wildman–Crippen MR) is 72.7 cm³/mol. The normalized spacial score (nSPS) is 12.1. The fraction of sp³-hybridized carbons (Fsp3) is 0.250. The SMILES string of the molecule is C=CC(=CC=CC)Cc1ccc(C)c(C)c1. The van der Waals surface area contributed by atoms with Crippen LogP contribution in [0, 0.1) is 13.8 Å². The van der Waals surface area contributed by atoms with E-state index in [1.54, 1.807) is 0 Å². The summed E-state index contributed by atoms with van der Waals surface area (Å²) in [6.07, 6.45) is 9.08. The van der Waals surface area contributed by atoms with Crippen molar-refractivity contribution in [3.63, 3.8) is 0 Å². The minimum Gasteiger partial charge on any atom is -0.0988 e. The van der Waals surface area contributed by atoms with Crippen LogP contribution in [0.15, 0.2) is 54.7 Å². The molecule has 0 spiro atoms. The maximum Gasteiger partial charge on any atom is -0.00259 e. The van der Waals surface area contributed by atoms with E-state index in [-0.39, 0.29) is 0 Å². The zero-order valence-corrected chi connectivity index (χ0v) is 10.5. The summed E-state index contributed by atoms with van der Waals surface area (Å²) in [6, 6.07) is 6.62. The second kappa shape index (κ2) is 6.12. The monoisotopic (exact) mass is 212 g/mol. The Labute approximate surface area is 99.0 Å². The van der Waals surface area contributed by atoms with Crippen LogP contribution in [0.1, 0.15) is 23.6 Å². The first kappa shape index (κ1) is 12.5. The first-order chi connectivity index (χ1) is 7.67. The van der Waals surface area contributed by atoms with Crippen molar-refractivity contribution in [2.75, 3.05) is 0 Å². The molecular formula is C16H20. The van der Waals surface area contributed by atoms with Gasteiger partial charge in [0.05, 0.1) is 0 Å². The van der Waals surface area contributed by atoms with E-state index >= 15 is 0 Å². The van der Waals surface area contributed by atoms with Crippen molar-refractivity contribution < 1.29 is 0 Å². The molecule has 0 heteroatoms. The number of benzene rings is 1. The van der Waals surface area contributed by atoms with Crippen LogP contribution < -0.4 is 0 Å². The van der Waals surface area contributed by atoms with Gasteiger partial charge in [-0.1, -0.05) is 49.1 Å². The summed E-state index contributed by atoms with van der Waals surface area (Å²) in [5.41, 5.74) is 5.30. The Kier molecular flexibility index (Phi) is 4.78. The van der Waals surface area contributed by atoms with Crippen LogP contribution in [0.3, 0.4) is 0 Å². The van der Waals surface area contributed by atoms with E-state index < -0.39 is 0 Å². The molecule has 0 amide bonds. The molecule has 0 saturated carbocycles. The van der Waals surface area contributed by atoms with Gasteiger partial charge in [-0.25, -0.2) is 0 Å². The third-order valence-corrected chi connectivity index (χ3v) is 2.74. The van der Waals surface area contributed by atoms with Gasteiger partial charge in [0.1, 0.15) is 0 Å². The summed E-state index contributed by atoms with van der Waals surface area (Å²) >= 11 is 0. The van der Waals surface area contributed by atoms with Crippen molar-refractivity contribution in [1.82, 2.24) is 0 Å². The Morgan fingerprint density at radius 2 is 2.00 bits per heavy atom. The quantitative estimate of drug-likeness (QED) is 0.643. The highest BCUT2D eigenvalue weighted by molar-refractivity contribution is 5.35. The molecule has 0 bridgehead atoms. The Morgan fingerprint density at radius 1 is 1.25 bits per heavy atom. The second-order valence-corrected chi connectivity index (χ2v) is 4.07. The molecule has 1 aromatic carbocycles. The van der Waals surface area contributed by atoms with E-state index in [0.717, 1.165) is 6.42 Å². The van der Waals surface area contributed by atoms with Crippen LogP contribution in [0.5, 0.6) is 0 Å². The number of hydrogen-bond acceptors (Lipinski definition) is 0. The lowest BCUT2D eigenvalue weighted by molar-refractivity contribution is 1.17. The molecule has 0 heterocycles. The molecule has 1 rings (SSSR count). The Morgan fingerprint density at radius 3 is 2.56 bits per heavy atom. The molecule has 0 aliphatic heterocycles. The molecule has 0 radical (unpaired) electrons. The van der Waals surface area contributed by atoms with Crippen molar-refractivity contribution in [3.8, 4) is 0 Å². The molecule has 1 aromatic rings. The molecule has 0 atom stereocenters. The van der Waals surface area contributed by atoms with E-state index in [0.29, 0.717) is 0 Å². The van der Waals surface area contributed by atoms with Gasteiger partial charge >= 0.3 is 0 Å². The minimum atomic E-state index is 0.953. The molecule has 0 N–H and O–H groups in total. The lowest BCUT2D eigenvalue weighted by Gasteiger charge is -2.05. The molecule has 0 unspecified atom stereocenters. The first-order valence-electron chi connectivity index (χ1n) is 5.67. The van der Waals surface area contributed by atoms with Crippen molar-refractivity contribution in [2.45, 2.75) is 27.2 Å². The number of aryl methyl sites for hydroxylation is 2. The van der Waals surface area contributed by atoms with Crippen LogP contribution in [-0.2, 0) is 6.42 Å². The van der Waals surface area contributed by atoms with Gasteiger partial charge in [0.15, 0.2) is 0 Å². The van der Waals surface area contributed by atoms with Crippen molar-refractivity contribution in [1.29, 1.82) is 0 Å². The Balaban J connectivity index is 2.86. The zero-order valence-electron chi connectivity index (χ0n) is 10.5. The number of allylic oxidation sites excluding steroid dienone is 5. The van der Waals surface area contributed by atoms with Crippen LogP contribution in [-0.4, -0.2) is 0 Å². The lowest BCUT2D eigenvalue weighted by atomic mass is 10.0. The highest BCUT2D eigenvalue weighted by atomic mass is 14.0. The lowest BCUT2D eigenvalue weighted by Crippen LogP contribution is -1.90. The van der Waals surface area contributed by atoms with Gasteiger partial charge in [-0.05, 0) is 49.5 Å². The largest absolute Gasteiger partial charge is 0.0988 e. The van der Waals surface area contributed by atoms with Crippen molar-refractivity contribution in [2.24, 2.45) is 0 Å². The summed E-state index contributed by atoms with van der Waals surface area (Å²) in [5.74, 6) is 0. The van der Waals surface area contributed by atoms with Gasteiger partial charge in [0.2, 0.25) is 0 Å². The highest BCUT2D eigenvalue weighted by Crippen LogP contribution is 2.14. The molecule has 0 aromatic heterocycles. The number of rotatable bonds is 4. The van der Waals surface area contributed by atoms with Gasteiger partial charge in [-0.2, -0.15) is 0 Å². The smallest absolute Gasteiger partial charge is 0.00259 e. The van der Waals surface area contributed by atoms with Crippen LogP contribution in [0.25, 0.3) is 0 Å². The zero-order chi connectivity index (χ0) is 12.0. The van der Waals surface area contributed by atoms with Crippen LogP contribution in [0.4, 0.5) is 0 Å². The molecule has 0 aliphatic rings. The summed E-state index contributed by atoms with van der Waals surface area (Å²) in [7, 11) is 0. The van der Waals surface area contributed by atoms with E-state index in [1.807, 2.05) is 19.1 Å². The molecule has 0 saturated heterocycles. The fourth-order valence-electron chi connectivity index (χ4n) is 1.57. The Hall–Kier alpha value is -1.56. The van der Waals surface area contributed by atoms with Gasteiger partial charge in [0.25, 0.3) is 0 Å². The van der Waals surface area contributed by atoms with E-state index in [2.05, 4.69) is 50.8 Å². The van der Waals surface area contributed by atoms with E-state index in [4.69, 9.17) is 0 Å². The molecule has 16 heavy (non-hydrogen) atoms. The van der Waals surface area contributed by atoms with Crippen LogP contribution in [0.2, 0.25) is 0 Å². The average molecular weight is 212 g/mol. The van der Waals surface area contributed by atoms with Crippen molar-refractivity contribution in [3.05, 3.63) is 71.3 Å². The van der Waals surface area contributed by atoms with Gasteiger partial charge in [-0.15, -0.1) is 0 Å². The van der Waals surface area contributed by atoms with E-state index in [1.165, 1.54) is 22.3 Å². The summed E-state index contributed by atoms with van der Waals surface area (Å²) in [6.45, 7) is 10.2. The molecule has 84 valence electrons. The molecule has 0 fully saturated rings.